The van der Waals surface area contributed by atoms with E-state index in [9.17, 15) is 0 Å². The van der Waals surface area contributed by atoms with Gasteiger partial charge in [0.25, 0.3) is 0 Å². The van der Waals surface area contributed by atoms with Gasteiger partial charge in [0.15, 0.2) is 11.5 Å². The van der Waals surface area contributed by atoms with Gasteiger partial charge in [-0.05, 0) is 37.0 Å². The molecular weight excluding hydrogens is 230 g/mol. The van der Waals surface area contributed by atoms with Crippen LogP contribution in [-0.4, -0.2) is 33.9 Å². The van der Waals surface area contributed by atoms with Crippen LogP contribution < -0.4 is 19.5 Å². The van der Waals surface area contributed by atoms with E-state index in [4.69, 9.17) is 14.2 Å². The molecule has 2 unspecified atom stereocenters. The van der Waals surface area contributed by atoms with Crippen molar-refractivity contribution in [1.29, 1.82) is 0 Å². The van der Waals surface area contributed by atoms with Crippen LogP contribution >= 0.6 is 0 Å². The van der Waals surface area contributed by atoms with Gasteiger partial charge in [0.05, 0.1) is 21.3 Å². The highest BCUT2D eigenvalue weighted by Crippen LogP contribution is 2.41. The topological polar surface area (TPSA) is 39.7 Å². The molecule has 0 amide bonds. The Balaban J connectivity index is 2.37. The maximum atomic E-state index is 5.38. The van der Waals surface area contributed by atoms with Crippen molar-refractivity contribution in [1.82, 2.24) is 5.32 Å². The molecule has 1 aromatic rings. The van der Waals surface area contributed by atoms with Gasteiger partial charge < -0.3 is 19.5 Å². The molecule has 1 N–H and O–H groups in total. The van der Waals surface area contributed by atoms with Gasteiger partial charge in [-0.1, -0.05) is 0 Å². The molecule has 0 aromatic heterocycles. The first kappa shape index (κ1) is 13.0. The van der Waals surface area contributed by atoms with Crippen LogP contribution in [0, 0.1) is 0 Å². The third-order valence-electron chi connectivity index (χ3n) is 3.51. The van der Waals surface area contributed by atoms with E-state index in [1.807, 2.05) is 12.1 Å². The molecule has 0 aliphatic carbocycles. The summed E-state index contributed by atoms with van der Waals surface area (Å²) in [6.45, 7) is 3.21. The first-order valence-corrected chi connectivity index (χ1v) is 6.22. The van der Waals surface area contributed by atoms with Gasteiger partial charge in [-0.3, -0.25) is 0 Å². The van der Waals surface area contributed by atoms with Crippen molar-refractivity contribution in [2.24, 2.45) is 0 Å². The molecule has 1 saturated heterocycles. The molecule has 1 heterocycles. The van der Waals surface area contributed by atoms with Crippen molar-refractivity contribution in [2.75, 3.05) is 27.9 Å². The molecule has 0 bridgehead atoms. The highest BCUT2D eigenvalue weighted by atomic mass is 16.5. The maximum absolute atomic E-state index is 5.38. The van der Waals surface area contributed by atoms with Crippen molar-refractivity contribution in [2.45, 2.75) is 25.3 Å². The molecule has 2 rings (SSSR count). The Hall–Kier alpha value is -1.42. The van der Waals surface area contributed by atoms with Crippen LogP contribution in [0.2, 0.25) is 0 Å². The quantitative estimate of drug-likeness (QED) is 0.890. The molecule has 0 radical (unpaired) electrons. The van der Waals surface area contributed by atoms with E-state index < -0.39 is 0 Å². The van der Waals surface area contributed by atoms with Crippen molar-refractivity contribution in [3.63, 3.8) is 0 Å². The van der Waals surface area contributed by atoms with E-state index in [1.54, 1.807) is 21.3 Å². The molecule has 18 heavy (non-hydrogen) atoms. The Bertz CT molecular complexity index is 394. The third kappa shape index (κ3) is 2.38. The number of benzene rings is 1. The Kier molecular flexibility index (Phi) is 3.97. The number of nitrogens with one attached hydrogen (secondary N) is 1. The zero-order valence-corrected chi connectivity index (χ0v) is 11.4. The molecule has 1 aliphatic heterocycles. The van der Waals surface area contributed by atoms with Gasteiger partial charge >= 0.3 is 0 Å². The summed E-state index contributed by atoms with van der Waals surface area (Å²) < 4.78 is 16.1. The summed E-state index contributed by atoms with van der Waals surface area (Å²) in [7, 11) is 4.92. The van der Waals surface area contributed by atoms with E-state index in [1.165, 1.54) is 5.56 Å². The van der Waals surface area contributed by atoms with E-state index in [2.05, 4.69) is 12.2 Å². The first-order valence-electron chi connectivity index (χ1n) is 6.22. The molecule has 0 spiro atoms. The normalized spacial score (nSPS) is 22.9. The zero-order valence-electron chi connectivity index (χ0n) is 11.4. The van der Waals surface area contributed by atoms with Crippen LogP contribution in [0.15, 0.2) is 12.1 Å². The van der Waals surface area contributed by atoms with E-state index in [0.29, 0.717) is 17.7 Å². The summed E-state index contributed by atoms with van der Waals surface area (Å²) in [4.78, 5) is 0. The monoisotopic (exact) mass is 251 g/mol. The fourth-order valence-electron chi connectivity index (χ4n) is 2.53. The highest BCUT2D eigenvalue weighted by Gasteiger charge is 2.24. The van der Waals surface area contributed by atoms with Gasteiger partial charge in [0.2, 0.25) is 5.75 Å². The average Bonchev–Trinajstić information content (AvgIpc) is 2.83. The van der Waals surface area contributed by atoms with Crippen molar-refractivity contribution in [3.8, 4) is 17.2 Å². The molecule has 4 nitrogen and oxygen atoms in total. The summed E-state index contributed by atoms with van der Waals surface area (Å²) in [6.07, 6.45) is 1.14. The van der Waals surface area contributed by atoms with Gasteiger partial charge in [0.1, 0.15) is 0 Å². The van der Waals surface area contributed by atoms with E-state index in [-0.39, 0.29) is 0 Å². The predicted octanol–water partition coefficient (Wildman–Crippen LogP) is 2.18. The number of hydrogen-bond acceptors (Lipinski definition) is 4. The number of ether oxygens (including phenoxy) is 3. The standard InChI is InChI=1S/C14H21NO3/c1-9-5-11(8-15-9)10-6-12(16-2)14(18-4)13(7-10)17-3/h6-7,9,11,15H,5,8H2,1-4H3. The second kappa shape index (κ2) is 5.48. The lowest BCUT2D eigenvalue weighted by Gasteiger charge is -2.16. The first-order chi connectivity index (χ1) is 8.69. The number of rotatable bonds is 4. The molecule has 2 atom stereocenters. The average molecular weight is 251 g/mol. The van der Waals surface area contributed by atoms with Crippen LogP contribution in [0.3, 0.4) is 0 Å². The minimum atomic E-state index is 0.508. The van der Waals surface area contributed by atoms with Crippen molar-refractivity contribution < 1.29 is 14.2 Å². The number of hydrogen-bond donors (Lipinski definition) is 1. The van der Waals surface area contributed by atoms with Crippen molar-refractivity contribution in [3.05, 3.63) is 17.7 Å². The lowest BCUT2D eigenvalue weighted by atomic mass is 9.96. The van der Waals surface area contributed by atoms with Gasteiger partial charge in [-0.2, -0.15) is 0 Å². The maximum Gasteiger partial charge on any atom is 0.203 e. The minimum absolute atomic E-state index is 0.508. The Morgan fingerprint density at radius 1 is 1.06 bits per heavy atom. The van der Waals surface area contributed by atoms with Gasteiger partial charge in [-0.25, -0.2) is 0 Å². The largest absolute Gasteiger partial charge is 0.493 e. The zero-order chi connectivity index (χ0) is 13.1. The third-order valence-corrected chi connectivity index (χ3v) is 3.51. The van der Waals surface area contributed by atoms with E-state index >= 15 is 0 Å². The predicted molar refractivity (Wildman–Crippen MR) is 70.9 cm³/mol. The van der Waals surface area contributed by atoms with Crippen LogP contribution in [-0.2, 0) is 0 Å². The Morgan fingerprint density at radius 3 is 2.06 bits per heavy atom. The van der Waals surface area contributed by atoms with Crippen LogP contribution in [0.5, 0.6) is 17.2 Å². The summed E-state index contributed by atoms with van der Waals surface area (Å²) in [5, 5.41) is 3.46. The SMILES string of the molecule is COc1cc(C2CNC(C)C2)cc(OC)c1OC. The second-order valence-electron chi connectivity index (χ2n) is 4.70. The summed E-state index contributed by atoms with van der Waals surface area (Å²) in [5.74, 6) is 2.62. The molecule has 0 saturated carbocycles. The molecule has 4 heteroatoms. The van der Waals surface area contributed by atoms with Gasteiger partial charge in [-0.15, -0.1) is 0 Å². The summed E-state index contributed by atoms with van der Waals surface area (Å²) in [6, 6.07) is 4.66. The Labute approximate surface area is 108 Å². The number of methoxy groups -OCH3 is 3. The molecule has 100 valence electrons. The van der Waals surface area contributed by atoms with Crippen LogP contribution in [0.4, 0.5) is 0 Å². The fraction of sp³-hybridized carbons (Fsp3) is 0.571. The molecule has 1 aromatic carbocycles. The Morgan fingerprint density at radius 2 is 1.67 bits per heavy atom. The molecule has 1 fully saturated rings. The molecular formula is C14H21NO3. The highest BCUT2D eigenvalue weighted by molar-refractivity contribution is 5.54. The summed E-state index contributed by atoms with van der Waals surface area (Å²) in [5.41, 5.74) is 1.24. The van der Waals surface area contributed by atoms with Crippen LogP contribution in [0.1, 0.15) is 24.8 Å². The van der Waals surface area contributed by atoms with E-state index in [0.717, 1.165) is 24.5 Å². The van der Waals surface area contributed by atoms with Crippen LogP contribution in [0.25, 0.3) is 0 Å². The van der Waals surface area contributed by atoms with Gasteiger partial charge in [0, 0.05) is 12.6 Å². The minimum Gasteiger partial charge on any atom is -0.493 e. The fourth-order valence-corrected chi connectivity index (χ4v) is 2.53. The smallest absolute Gasteiger partial charge is 0.203 e. The lowest BCUT2D eigenvalue weighted by Crippen LogP contribution is -2.16. The molecule has 1 aliphatic rings. The second-order valence-corrected chi connectivity index (χ2v) is 4.70. The lowest BCUT2D eigenvalue weighted by molar-refractivity contribution is 0.323. The van der Waals surface area contributed by atoms with Crippen molar-refractivity contribution >= 4 is 0 Å². The summed E-state index contributed by atoms with van der Waals surface area (Å²) >= 11 is 0.